The summed E-state index contributed by atoms with van der Waals surface area (Å²) in [6.07, 6.45) is 0.527. The first-order chi connectivity index (χ1) is 17.5. The summed E-state index contributed by atoms with van der Waals surface area (Å²) >= 11 is 0. The lowest BCUT2D eigenvalue weighted by atomic mass is 9.94. The molecule has 2 heterocycles. The number of fused-ring (bicyclic) bond motifs is 1. The second-order valence-electron chi connectivity index (χ2n) is 8.27. The van der Waals surface area contributed by atoms with Gasteiger partial charge in [0, 0.05) is 25.8 Å². The van der Waals surface area contributed by atoms with Crippen LogP contribution >= 0.6 is 0 Å². The molecular formula is C27H31NO8. The second kappa shape index (κ2) is 11.3. The van der Waals surface area contributed by atoms with Gasteiger partial charge in [0.2, 0.25) is 0 Å². The third kappa shape index (κ3) is 4.97. The molecule has 0 aliphatic carbocycles. The van der Waals surface area contributed by atoms with E-state index in [1.165, 1.54) is 4.90 Å². The Kier molecular flexibility index (Phi) is 8.00. The SMILES string of the molecule is CCOc1ccc([C@H]2/C(=C(\O)c3ccc4c(c3)OCCO4)C(=O)C(=O)N2CCCOC)cc1OCC. The van der Waals surface area contributed by atoms with Gasteiger partial charge in [-0.1, -0.05) is 6.07 Å². The highest BCUT2D eigenvalue weighted by Crippen LogP contribution is 2.43. The lowest BCUT2D eigenvalue weighted by Crippen LogP contribution is -2.31. The molecule has 192 valence electrons. The number of aliphatic hydroxyl groups excluding tert-OH is 1. The first-order valence-corrected chi connectivity index (χ1v) is 12.1. The molecule has 36 heavy (non-hydrogen) atoms. The molecule has 2 aromatic carbocycles. The molecule has 1 amide bonds. The molecule has 4 rings (SSSR count). The molecule has 0 spiro atoms. The average Bonchev–Trinajstić information content (AvgIpc) is 3.14. The molecule has 0 unspecified atom stereocenters. The summed E-state index contributed by atoms with van der Waals surface area (Å²) in [6, 6.07) is 9.41. The van der Waals surface area contributed by atoms with Crippen molar-refractivity contribution in [2.24, 2.45) is 0 Å². The normalized spacial score (nSPS) is 18.4. The van der Waals surface area contributed by atoms with Crippen molar-refractivity contribution in [1.29, 1.82) is 0 Å². The number of hydrogen-bond acceptors (Lipinski definition) is 8. The summed E-state index contributed by atoms with van der Waals surface area (Å²) in [5, 5.41) is 11.3. The smallest absolute Gasteiger partial charge is 0.295 e. The summed E-state index contributed by atoms with van der Waals surface area (Å²) in [6.45, 7) is 6.12. The van der Waals surface area contributed by atoms with E-state index in [1.54, 1.807) is 43.5 Å². The number of methoxy groups -OCH3 is 1. The molecule has 9 nitrogen and oxygen atoms in total. The molecule has 0 bridgehead atoms. The zero-order chi connectivity index (χ0) is 25.7. The third-order valence-corrected chi connectivity index (χ3v) is 5.99. The van der Waals surface area contributed by atoms with Crippen molar-refractivity contribution in [2.45, 2.75) is 26.3 Å². The predicted octanol–water partition coefficient (Wildman–Crippen LogP) is 3.71. The van der Waals surface area contributed by atoms with Crippen LogP contribution in [0.2, 0.25) is 0 Å². The quantitative estimate of drug-likeness (QED) is 0.229. The van der Waals surface area contributed by atoms with Crippen molar-refractivity contribution in [1.82, 2.24) is 4.90 Å². The molecule has 0 saturated carbocycles. The number of amides is 1. The number of ketones is 1. The number of rotatable bonds is 10. The van der Waals surface area contributed by atoms with Crippen LogP contribution in [-0.4, -0.2) is 68.4 Å². The highest BCUT2D eigenvalue weighted by Gasteiger charge is 2.46. The van der Waals surface area contributed by atoms with E-state index < -0.39 is 17.7 Å². The largest absolute Gasteiger partial charge is 0.507 e. The fraction of sp³-hybridized carbons (Fsp3) is 0.407. The third-order valence-electron chi connectivity index (χ3n) is 5.99. The molecule has 0 radical (unpaired) electrons. The number of hydrogen-bond donors (Lipinski definition) is 1. The van der Waals surface area contributed by atoms with Crippen LogP contribution in [-0.2, 0) is 14.3 Å². The number of carbonyl (C=O) groups is 2. The molecule has 1 atom stereocenters. The Balaban J connectivity index is 1.82. The number of Topliss-reactive ketones (excluding diaryl/α,β-unsaturated/α-hetero) is 1. The van der Waals surface area contributed by atoms with Gasteiger partial charge >= 0.3 is 0 Å². The highest BCUT2D eigenvalue weighted by atomic mass is 16.6. The number of likely N-dealkylation sites (tertiary alicyclic amines) is 1. The lowest BCUT2D eigenvalue weighted by molar-refractivity contribution is -0.140. The van der Waals surface area contributed by atoms with Crippen molar-refractivity contribution in [2.75, 3.05) is 46.7 Å². The summed E-state index contributed by atoms with van der Waals surface area (Å²) < 4.78 is 27.8. The molecule has 2 aliphatic heterocycles. The Morgan fingerprint density at radius 2 is 1.72 bits per heavy atom. The van der Waals surface area contributed by atoms with Gasteiger partial charge in [-0.05, 0) is 56.2 Å². The fourth-order valence-electron chi connectivity index (χ4n) is 4.42. The van der Waals surface area contributed by atoms with Crippen molar-refractivity contribution < 1.29 is 38.4 Å². The van der Waals surface area contributed by atoms with Gasteiger partial charge in [-0.15, -0.1) is 0 Å². The van der Waals surface area contributed by atoms with Crippen LogP contribution in [0.25, 0.3) is 5.76 Å². The van der Waals surface area contributed by atoms with Crippen LogP contribution in [0.3, 0.4) is 0 Å². The fourth-order valence-corrected chi connectivity index (χ4v) is 4.42. The lowest BCUT2D eigenvalue weighted by Gasteiger charge is -2.26. The second-order valence-corrected chi connectivity index (χ2v) is 8.27. The Labute approximate surface area is 210 Å². The highest BCUT2D eigenvalue weighted by molar-refractivity contribution is 6.46. The van der Waals surface area contributed by atoms with E-state index in [0.29, 0.717) is 73.6 Å². The predicted molar refractivity (Wildman–Crippen MR) is 132 cm³/mol. The van der Waals surface area contributed by atoms with E-state index >= 15 is 0 Å². The van der Waals surface area contributed by atoms with Gasteiger partial charge in [-0.2, -0.15) is 0 Å². The number of carbonyl (C=O) groups excluding carboxylic acids is 2. The number of aliphatic hydroxyl groups is 1. The van der Waals surface area contributed by atoms with Crippen LogP contribution in [0, 0.1) is 0 Å². The molecule has 2 aromatic rings. The van der Waals surface area contributed by atoms with Crippen molar-refractivity contribution in [3.8, 4) is 23.0 Å². The Morgan fingerprint density at radius 1 is 1.00 bits per heavy atom. The standard InChI is InChI=1S/C27H31NO8/c1-4-33-19-9-7-17(15-21(19)34-5-2)24-23(26(30)27(31)28(24)11-6-12-32-3)25(29)18-8-10-20-22(16-18)36-14-13-35-20/h7-10,15-16,24,29H,4-6,11-14H2,1-3H3/b25-23+/t24-/m0/s1. The minimum absolute atomic E-state index is 0.000651. The zero-order valence-corrected chi connectivity index (χ0v) is 20.7. The summed E-state index contributed by atoms with van der Waals surface area (Å²) in [7, 11) is 1.58. The minimum Gasteiger partial charge on any atom is -0.507 e. The molecule has 2 aliphatic rings. The molecule has 9 heteroatoms. The van der Waals surface area contributed by atoms with Crippen LogP contribution in [0.15, 0.2) is 42.0 Å². The van der Waals surface area contributed by atoms with Crippen molar-refractivity contribution in [3.05, 3.63) is 53.1 Å². The van der Waals surface area contributed by atoms with Gasteiger partial charge in [0.1, 0.15) is 19.0 Å². The molecule has 1 N–H and O–H groups in total. The minimum atomic E-state index is -0.815. The maximum Gasteiger partial charge on any atom is 0.295 e. The first-order valence-electron chi connectivity index (χ1n) is 12.1. The van der Waals surface area contributed by atoms with Crippen LogP contribution in [0.4, 0.5) is 0 Å². The molecule has 0 aromatic heterocycles. The van der Waals surface area contributed by atoms with Crippen LogP contribution < -0.4 is 18.9 Å². The summed E-state index contributed by atoms with van der Waals surface area (Å²) in [5.74, 6) is 0.373. The summed E-state index contributed by atoms with van der Waals surface area (Å²) in [5.41, 5.74) is 0.980. The van der Waals surface area contributed by atoms with E-state index in [0.717, 1.165) is 0 Å². The zero-order valence-electron chi connectivity index (χ0n) is 20.7. The van der Waals surface area contributed by atoms with E-state index in [2.05, 4.69) is 0 Å². The summed E-state index contributed by atoms with van der Waals surface area (Å²) in [4.78, 5) is 27.9. The topological polar surface area (TPSA) is 104 Å². The Bertz CT molecular complexity index is 1160. The van der Waals surface area contributed by atoms with Gasteiger partial charge in [-0.3, -0.25) is 9.59 Å². The maximum atomic E-state index is 13.3. The van der Waals surface area contributed by atoms with E-state index in [-0.39, 0.29) is 17.9 Å². The van der Waals surface area contributed by atoms with Crippen LogP contribution in [0.5, 0.6) is 23.0 Å². The van der Waals surface area contributed by atoms with Gasteiger partial charge in [0.05, 0.1) is 24.8 Å². The van der Waals surface area contributed by atoms with Gasteiger partial charge in [-0.25, -0.2) is 0 Å². The number of ether oxygens (including phenoxy) is 5. The van der Waals surface area contributed by atoms with Gasteiger partial charge < -0.3 is 33.7 Å². The van der Waals surface area contributed by atoms with Crippen molar-refractivity contribution >= 4 is 17.4 Å². The van der Waals surface area contributed by atoms with E-state index in [4.69, 9.17) is 23.7 Å². The van der Waals surface area contributed by atoms with Crippen molar-refractivity contribution in [3.63, 3.8) is 0 Å². The number of benzene rings is 2. The Hall–Kier alpha value is -3.72. The van der Waals surface area contributed by atoms with E-state index in [1.807, 2.05) is 13.8 Å². The molecule has 1 fully saturated rings. The van der Waals surface area contributed by atoms with Gasteiger partial charge in [0.15, 0.2) is 23.0 Å². The van der Waals surface area contributed by atoms with Gasteiger partial charge in [0.25, 0.3) is 11.7 Å². The Morgan fingerprint density at radius 3 is 2.44 bits per heavy atom. The van der Waals surface area contributed by atoms with E-state index in [9.17, 15) is 14.7 Å². The first kappa shape index (κ1) is 25.4. The average molecular weight is 498 g/mol. The maximum absolute atomic E-state index is 13.3. The van der Waals surface area contributed by atoms with Crippen LogP contribution in [0.1, 0.15) is 37.4 Å². The molecular weight excluding hydrogens is 466 g/mol. The molecule has 1 saturated heterocycles. The monoisotopic (exact) mass is 497 g/mol. The number of nitrogens with zero attached hydrogens (tertiary/aromatic N) is 1.